The van der Waals surface area contributed by atoms with Gasteiger partial charge in [0.1, 0.15) is 23.7 Å². The molecule has 3 fully saturated rings. The topological polar surface area (TPSA) is 207 Å². The molecule has 13 nitrogen and oxygen atoms in total. The van der Waals surface area contributed by atoms with E-state index in [1.807, 2.05) is 0 Å². The summed E-state index contributed by atoms with van der Waals surface area (Å²) in [5.74, 6) is -2.56. The molecule has 1 heterocycles. The first-order valence-electron chi connectivity index (χ1n) is 16.5. The van der Waals surface area contributed by atoms with Gasteiger partial charge in [0.2, 0.25) is 29.5 Å². The van der Waals surface area contributed by atoms with Gasteiger partial charge >= 0.3 is 0 Å². The van der Waals surface area contributed by atoms with E-state index in [0.717, 1.165) is 25.7 Å². The fourth-order valence-corrected chi connectivity index (χ4v) is 5.21. The highest BCUT2D eigenvalue weighted by Crippen LogP contribution is 2.27. The van der Waals surface area contributed by atoms with Crippen LogP contribution in [-0.2, 0) is 24.0 Å². The molecule has 0 unspecified atom stereocenters. The zero-order valence-corrected chi connectivity index (χ0v) is 27.1. The maximum atomic E-state index is 13.6. The molecule has 3 aliphatic rings. The third-order valence-corrected chi connectivity index (χ3v) is 8.28. The van der Waals surface area contributed by atoms with Crippen LogP contribution in [0, 0.1) is 17.2 Å². The Morgan fingerprint density at radius 1 is 0.932 bits per heavy atom. The van der Waals surface area contributed by atoms with Crippen molar-refractivity contribution in [2.75, 3.05) is 13.1 Å². The lowest BCUT2D eigenvalue weighted by Gasteiger charge is -2.34. The van der Waals surface area contributed by atoms with Crippen molar-refractivity contribution >= 4 is 35.5 Å². The molecule has 4 atom stereocenters. The monoisotopic (exact) mass is 620 g/mol. The van der Waals surface area contributed by atoms with Gasteiger partial charge in [0.15, 0.2) is 5.96 Å². The van der Waals surface area contributed by atoms with E-state index in [2.05, 4.69) is 31.9 Å². The molecule has 2 saturated carbocycles. The van der Waals surface area contributed by atoms with Crippen LogP contribution in [0.3, 0.4) is 0 Å². The number of hydrogen-bond acceptors (Lipinski definition) is 6. The Bertz CT molecular complexity index is 995. The molecule has 0 aromatic heterocycles. The molecule has 250 valence electrons. The largest absolute Gasteiger partial charge is 0.370 e. The molecule has 3 rings (SSSR count). The van der Waals surface area contributed by atoms with Gasteiger partial charge in [-0.1, -0.05) is 72.1 Å². The molecule has 13 heteroatoms. The molecular weight excluding hydrogens is 564 g/mol. The predicted octanol–water partition coefficient (Wildman–Crippen LogP) is 1.31. The maximum Gasteiger partial charge on any atom is 0.246 e. The number of nitrogens with two attached hydrogens (primary N) is 1. The molecule has 1 aliphatic heterocycles. The van der Waals surface area contributed by atoms with Crippen molar-refractivity contribution in [2.45, 2.75) is 135 Å². The minimum absolute atomic E-state index is 0.0743. The Morgan fingerprint density at radius 2 is 1.52 bits per heavy atom. The van der Waals surface area contributed by atoms with Crippen LogP contribution in [0.1, 0.15) is 111 Å². The Morgan fingerprint density at radius 3 is 2.09 bits per heavy atom. The second-order valence-electron chi connectivity index (χ2n) is 12.9. The minimum Gasteiger partial charge on any atom is -0.370 e. The lowest BCUT2D eigenvalue weighted by Crippen LogP contribution is -2.63. The van der Waals surface area contributed by atoms with Gasteiger partial charge in [0, 0.05) is 19.0 Å². The zero-order chi connectivity index (χ0) is 32.7. The van der Waals surface area contributed by atoms with E-state index in [1.54, 1.807) is 27.7 Å². The van der Waals surface area contributed by atoms with Crippen LogP contribution in [0.25, 0.3) is 0 Å². The van der Waals surface area contributed by atoms with Gasteiger partial charge in [0.05, 0.1) is 0 Å². The average molecular weight is 621 g/mol. The first-order chi connectivity index (χ1) is 20.9. The van der Waals surface area contributed by atoms with Crippen molar-refractivity contribution in [3.63, 3.8) is 0 Å². The predicted molar refractivity (Wildman–Crippen MR) is 169 cm³/mol. The molecule has 0 aromatic carbocycles. The van der Waals surface area contributed by atoms with Gasteiger partial charge in [-0.2, -0.15) is 0 Å². The molecule has 0 aromatic rings. The lowest BCUT2D eigenvalue weighted by atomic mass is 9.84. The van der Waals surface area contributed by atoms with Gasteiger partial charge in [-0.25, -0.2) is 0 Å². The second kappa shape index (κ2) is 18.4. The fourth-order valence-electron chi connectivity index (χ4n) is 5.21. The van der Waals surface area contributed by atoms with E-state index >= 15 is 0 Å². The highest BCUT2D eigenvalue weighted by Gasteiger charge is 2.39. The molecular formula is C31H56N8O5. The number of rotatable bonds is 9. The maximum absolute atomic E-state index is 13.6. The molecule has 9 N–H and O–H groups in total. The van der Waals surface area contributed by atoms with Gasteiger partial charge in [-0.3, -0.25) is 29.4 Å². The van der Waals surface area contributed by atoms with Crippen LogP contribution in [-0.4, -0.2) is 72.2 Å². The number of guanidine groups is 1. The standard InChI is InChI=1S/C28H50N8O5.C3H6/c1-5-19-24(39)34-21(16-18-10-7-6-8-11-18)23(38)31-15-13-28(4,36-22(37)17(2)3)26(41)35-20(25(40)33-19)12-9-14-32-27(29)30;1-2-3-1/h17-21H,5-16H2,1-4H3,(H,31,38)(H,33,40)(H,34,39)(H,35,41)(H,36,37)(H4,29,30,32);1-3H2/t19-,20-,21+,28+;/m0./s1. The summed E-state index contributed by atoms with van der Waals surface area (Å²) in [5, 5.41) is 24.0. The third-order valence-electron chi connectivity index (χ3n) is 8.28. The summed E-state index contributed by atoms with van der Waals surface area (Å²) in [6.45, 7) is 7.14. The number of amides is 5. The van der Waals surface area contributed by atoms with Crippen LogP contribution in [0.4, 0.5) is 0 Å². The molecule has 0 spiro atoms. The molecule has 5 amide bonds. The highest BCUT2D eigenvalue weighted by molar-refractivity contribution is 5.97. The first-order valence-corrected chi connectivity index (χ1v) is 16.5. The lowest BCUT2D eigenvalue weighted by molar-refractivity contribution is -0.138. The second-order valence-corrected chi connectivity index (χ2v) is 12.9. The van der Waals surface area contributed by atoms with Crippen molar-refractivity contribution in [3.8, 4) is 0 Å². The van der Waals surface area contributed by atoms with E-state index in [0.29, 0.717) is 25.3 Å². The molecule has 0 radical (unpaired) electrons. The Labute approximate surface area is 262 Å². The summed E-state index contributed by atoms with van der Waals surface area (Å²) >= 11 is 0. The molecule has 0 bridgehead atoms. The van der Waals surface area contributed by atoms with Crippen molar-refractivity contribution in [1.82, 2.24) is 31.9 Å². The molecule has 44 heavy (non-hydrogen) atoms. The van der Waals surface area contributed by atoms with Gasteiger partial charge in [0.25, 0.3) is 0 Å². The van der Waals surface area contributed by atoms with Crippen molar-refractivity contribution in [2.24, 2.45) is 17.6 Å². The quantitative estimate of drug-likeness (QED) is 0.108. The van der Waals surface area contributed by atoms with Crippen molar-refractivity contribution < 1.29 is 24.0 Å². The molecule has 2 aliphatic carbocycles. The summed E-state index contributed by atoms with van der Waals surface area (Å²) in [6, 6.07) is -2.70. The van der Waals surface area contributed by atoms with Crippen LogP contribution in [0.2, 0.25) is 0 Å². The minimum atomic E-state index is -1.42. The van der Waals surface area contributed by atoms with E-state index < -0.39 is 41.4 Å². The van der Waals surface area contributed by atoms with Crippen LogP contribution >= 0.6 is 0 Å². The summed E-state index contributed by atoms with van der Waals surface area (Å²) in [7, 11) is 0. The number of nitrogens with one attached hydrogen (secondary N) is 7. The zero-order valence-electron chi connectivity index (χ0n) is 27.1. The number of carbonyl (C=O) groups excluding carboxylic acids is 5. The first kappa shape index (κ1) is 36.8. The Kier molecular flexibility index (Phi) is 15.4. The van der Waals surface area contributed by atoms with E-state index in [-0.39, 0.29) is 49.5 Å². The van der Waals surface area contributed by atoms with Crippen molar-refractivity contribution in [1.29, 1.82) is 5.41 Å². The van der Waals surface area contributed by atoms with Crippen molar-refractivity contribution in [3.05, 3.63) is 0 Å². The summed E-state index contributed by atoms with van der Waals surface area (Å²) in [5.41, 5.74) is 3.94. The summed E-state index contributed by atoms with van der Waals surface area (Å²) < 4.78 is 0. The van der Waals surface area contributed by atoms with E-state index in [4.69, 9.17) is 11.1 Å². The van der Waals surface area contributed by atoms with Gasteiger partial charge < -0.3 is 37.6 Å². The summed E-state index contributed by atoms with van der Waals surface area (Å²) in [6.07, 6.45) is 11.3. The van der Waals surface area contributed by atoms with Crippen LogP contribution in [0.5, 0.6) is 0 Å². The van der Waals surface area contributed by atoms with Crippen LogP contribution < -0.4 is 37.6 Å². The smallest absolute Gasteiger partial charge is 0.246 e. The third kappa shape index (κ3) is 13.1. The number of carbonyl (C=O) groups is 5. The fraction of sp³-hybridized carbons (Fsp3) is 0.806. The average Bonchev–Trinajstić information content (AvgIpc) is 3.86. The summed E-state index contributed by atoms with van der Waals surface area (Å²) in [4.78, 5) is 66.3. The Balaban J connectivity index is 0.00000211. The van der Waals surface area contributed by atoms with Gasteiger partial charge in [-0.05, 0) is 44.9 Å². The van der Waals surface area contributed by atoms with Gasteiger partial charge in [-0.15, -0.1) is 0 Å². The highest BCUT2D eigenvalue weighted by atomic mass is 16.2. The normalized spacial score (nSPS) is 26.9. The van der Waals surface area contributed by atoms with E-state index in [9.17, 15) is 24.0 Å². The Hall–Kier alpha value is -3.38. The SMILES string of the molecule is C1CC1.CC[C@@H]1NC(=O)[C@H](CCCNC(=N)N)NC(=O)[C@](C)(NC(=O)C(C)C)CCNC(=O)[C@@H](CC2CCCCC2)NC1=O. The molecule has 1 saturated heterocycles. The number of hydrogen-bond donors (Lipinski definition) is 8. The van der Waals surface area contributed by atoms with Crippen LogP contribution in [0.15, 0.2) is 0 Å². The van der Waals surface area contributed by atoms with E-state index in [1.165, 1.54) is 25.7 Å².